The number of aryl methyl sites for hydroxylation is 4. The molecule has 1 aliphatic carbocycles. The van der Waals surface area contributed by atoms with Gasteiger partial charge in [-0.3, -0.25) is 0 Å². The van der Waals surface area contributed by atoms with Gasteiger partial charge in [0, 0.05) is 12.1 Å². The number of nitrogens with zero attached hydrogens (tertiary/aromatic N) is 3. The standard InChI is InChI=1S/C27H27N3O2/c1-4-24-29-25-16(2)14-17(3)28-26(25)30(24)23-11-7-8-18-15-19(12-13-21(18)23)20-9-5-6-10-22(20)27(31)32/h5-6,9-10,12-15,23H,4,7-8,11H2,1-3H3,(H,31,32). The minimum atomic E-state index is -0.898. The molecule has 2 aromatic carbocycles. The monoisotopic (exact) mass is 425 g/mol. The van der Waals surface area contributed by atoms with Crippen molar-refractivity contribution in [1.82, 2.24) is 14.5 Å². The molecule has 162 valence electrons. The SMILES string of the molecule is CCc1nc2c(C)cc(C)nc2n1C1CCCc2cc(-c3ccccc3C(=O)O)ccc21. The number of carboxylic acids is 1. The molecule has 0 radical (unpaired) electrons. The maximum Gasteiger partial charge on any atom is 0.336 e. The number of hydrogen-bond donors (Lipinski definition) is 1. The van der Waals surface area contributed by atoms with E-state index in [-0.39, 0.29) is 6.04 Å². The van der Waals surface area contributed by atoms with Crippen molar-refractivity contribution in [3.05, 3.63) is 82.3 Å². The second-order valence-corrected chi connectivity index (χ2v) is 8.68. The first-order valence-corrected chi connectivity index (χ1v) is 11.3. The fourth-order valence-corrected chi connectivity index (χ4v) is 5.14. The molecule has 0 bridgehead atoms. The van der Waals surface area contributed by atoms with Crippen molar-refractivity contribution in [3.8, 4) is 11.1 Å². The molecular weight excluding hydrogens is 398 g/mol. The highest BCUT2D eigenvalue weighted by Crippen LogP contribution is 2.38. The summed E-state index contributed by atoms with van der Waals surface area (Å²) in [6.07, 6.45) is 3.97. The van der Waals surface area contributed by atoms with Crippen molar-refractivity contribution in [3.63, 3.8) is 0 Å². The summed E-state index contributed by atoms with van der Waals surface area (Å²) in [5.74, 6) is 0.171. The molecule has 1 unspecified atom stereocenters. The lowest BCUT2D eigenvalue weighted by atomic mass is 9.85. The lowest BCUT2D eigenvalue weighted by Gasteiger charge is -2.29. The Morgan fingerprint density at radius 1 is 1.12 bits per heavy atom. The normalized spacial score (nSPS) is 15.7. The van der Waals surface area contributed by atoms with Crippen molar-refractivity contribution in [2.45, 2.75) is 52.5 Å². The zero-order valence-corrected chi connectivity index (χ0v) is 18.7. The van der Waals surface area contributed by atoms with Gasteiger partial charge in [-0.1, -0.05) is 43.3 Å². The van der Waals surface area contributed by atoms with Gasteiger partial charge in [0.05, 0.1) is 11.6 Å². The Balaban J connectivity index is 1.66. The van der Waals surface area contributed by atoms with Crippen LogP contribution in [0.1, 0.15) is 64.4 Å². The van der Waals surface area contributed by atoms with Crippen molar-refractivity contribution in [1.29, 1.82) is 0 Å². The predicted octanol–water partition coefficient (Wildman–Crippen LogP) is 5.90. The summed E-state index contributed by atoms with van der Waals surface area (Å²) >= 11 is 0. The molecule has 0 amide bonds. The zero-order valence-electron chi connectivity index (χ0n) is 18.7. The van der Waals surface area contributed by atoms with Crippen LogP contribution in [0.15, 0.2) is 48.5 Å². The first-order chi connectivity index (χ1) is 15.5. The van der Waals surface area contributed by atoms with Gasteiger partial charge in [0.25, 0.3) is 0 Å². The van der Waals surface area contributed by atoms with Crippen LogP contribution in [0, 0.1) is 13.8 Å². The Labute approximate surface area is 187 Å². The Bertz CT molecular complexity index is 1350. The third-order valence-corrected chi connectivity index (χ3v) is 6.56. The molecule has 0 aliphatic heterocycles. The topological polar surface area (TPSA) is 68.0 Å². The third kappa shape index (κ3) is 3.29. The number of fused-ring (bicyclic) bond motifs is 2. The molecular formula is C27H27N3O2. The van der Waals surface area contributed by atoms with Crippen molar-refractivity contribution >= 4 is 17.1 Å². The highest BCUT2D eigenvalue weighted by molar-refractivity contribution is 5.96. The van der Waals surface area contributed by atoms with Crippen LogP contribution in [0.5, 0.6) is 0 Å². The van der Waals surface area contributed by atoms with E-state index in [2.05, 4.69) is 42.7 Å². The van der Waals surface area contributed by atoms with Gasteiger partial charge in [0.1, 0.15) is 11.3 Å². The summed E-state index contributed by atoms with van der Waals surface area (Å²) in [4.78, 5) is 21.6. The summed E-state index contributed by atoms with van der Waals surface area (Å²) in [6, 6.07) is 15.9. The molecule has 32 heavy (non-hydrogen) atoms. The van der Waals surface area contributed by atoms with Gasteiger partial charge in [0.15, 0.2) is 5.65 Å². The average Bonchev–Trinajstić information content (AvgIpc) is 3.17. The first kappa shape index (κ1) is 20.4. The first-order valence-electron chi connectivity index (χ1n) is 11.3. The van der Waals surface area contributed by atoms with E-state index < -0.39 is 5.97 Å². The molecule has 5 heteroatoms. The maximum absolute atomic E-state index is 11.7. The van der Waals surface area contributed by atoms with E-state index >= 15 is 0 Å². The quantitative estimate of drug-likeness (QED) is 0.442. The highest BCUT2D eigenvalue weighted by atomic mass is 16.4. The minimum Gasteiger partial charge on any atom is -0.478 e. The molecule has 2 heterocycles. The van der Waals surface area contributed by atoms with Gasteiger partial charge >= 0.3 is 5.97 Å². The predicted molar refractivity (Wildman–Crippen MR) is 126 cm³/mol. The summed E-state index contributed by atoms with van der Waals surface area (Å²) in [5, 5.41) is 9.62. The molecule has 1 N–H and O–H groups in total. The number of aromatic nitrogens is 3. The van der Waals surface area contributed by atoms with Gasteiger partial charge in [-0.25, -0.2) is 14.8 Å². The van der Waals surface area contributed by atoms with Crippen molar-refractivity contribution < 1.29 is 9.90 Å². The zero-order chi connectivity index (χ0) is 22.4. The lowest BCUT2D eigenvalue weighted by Crippen LogP contribution is -2.19. The second kappa shape index (κ2) is 7.90. The Morgan fingerprint density at radius 2 is 1.94 bits per heavy atom. The molecule has 0 fully saturated rings. The van der Waals surface area contributed by atoms with E-state index in [1.165, 1.54) is 11.1 Å². The lowest BCUT2D eigenvalue weighted by molar-refractivity contribution is 0.0697. The summed E-state index contributed by atoms with van der Waals surface area (Å²) < 4.78 is 2.35. The molecule has 5 rings (SSSR count). The molecule has 4 aromatic rings. The number of carboxylic acid groups (broad SMARTS) is 1. The molecule has 2 aromatic heterocycles. The van der Waals surface area contributed by atoms with Crippen LogP contribution < -0.4 is 0 Å². The van der Waals surface area contributed by atoms with E-state index in [0.29, 0.717) is 5.56 Å². The number of aromatic carboxylic acids is 1. The van der Waals surface area contributed by atoms with E-state index in [9.17, 15) is 9.90 Å². The average molecular weight is 426 g/mol. The number of hydrogen-bond acceptors (Lipinski definition) is 3. The van der Waals surface area contributed by atoms with Gasteiger partial charge in [-0.2, -0.15) is 0 Å². The summed E-state index contributed by atoms with van der Waals surface area (Å²) in [6.45, 7) is 6.29. The van der Waals surface area contributed by atoms with Crippen LogP contribution in [0.25, 0.3) is 22.3 Å². The maximum atomic E-state index is 11.7. The fourth-order valence-electron chi connectivity index (χ4n) is 5.14. The van der Waals surface area contributed by atoms with Gasteiger partial charge in [-0.05, 0) is 73.1 Å². The van der Waals surface area contributed by atoms with Crippen LogP contribution in [-0.2, 0) is 12.8 Å². The van der Waals surface area contributed by atoms with Gasteiger partial charge < -0.3 is 9.67 Å². The van der Waals surface area contributed by atoms with E-state index in [1.54, 1.807) is 12.1 Å². The Morgan fingerprint density at radius 3 is 2.72 bits per heavy atom. The van der Waals surface area contributed by atoms with Crippen LogP contribution in [-0.4, -0.2) is 25.6 Å². The second-order valence-electron chi connectivity index (χ2n) is 8.68. The highest BCUT2D eigenvalue weighted by Gasteiger charge is 2.27. The van der Waals surface area contributed by atoms with Gasteiger partial charge in [-0.15, -0.1) is 0 Å². The van der Waals surface area contributed by atoms with Crippen molar-refractivity contribution in [2.75, 3.05) is 0 Å². The molecule has 0 saturated carbocycles. The van der Waals surface area contributed by atoms with Crippen LogP contribution in [0.3, 0.4) is 0 Å². The molecule has 0 spiro atoms. The van der Waals surface area contributed by atoms with E-state index in [1.807, 2.05) is 19.1 Å². The number of rotatable bonds is 4. The molecule has 5 nitrogen and oxygen atoms in total. The van der Waals surface area contributed by atoms with E-state index in [4.69, 9.17) is 9.97 Å². The molecule has 0 saturated heterocycles. The smallest absolute Gasteiger partial charge is 0.336 e. The largest absolute Gasteiger partial charge is 0.478 e. The summed E-state index contributed by atoms with van der Waals surface area (Å²) in [5.41, 5.74) is 8.77. The molecule has 1 atom stereocenters. The summed E-state index contributed by atoms with van der Waals surface area (Å²) in [7, 11) is 0. The van der Waals surface area contributed by atoms with Gasteiger partial charge in [0.2, 0.25) is 0 Å². The fraction of sp³-hybridized carbons (Fsp3) is 0.296. The minimum absolute atomic E-state index is 0.191. The number of imidazole rings is 1. The Kier molecular flexibility index (Phi) is 5.04. The number of carbonyl (C=O) groups is 1. The van der Waals surface area contributed by atoms with Crippen LogP contribution >= 0.6 is 0 Å². The van der Waals surface area contributed by atoms with Crippen LogP contribution in [0.2, 0.25) is 0 Å². The van der Waals surface area contributed by atoms with Crippen molar-refractivity contribution in [2.24, 2.45) is 0 Å². The van der Waals surface area contributed by atoms with Crippen LogP contribution in [0.4, 0.5) is 0 Å². The third-order valence-electron chi connectivity index (χ3n) is 6.56. The van der Waals surface area contributed by atoms with E-state index in [0.717, 1.165) is 65.1 Å². The Hall–Kier alpha value is -3.47. The number of benzene rings is 2. The number of pyridine rings is 1. The molecule has 1 aliphatic rings.